The summed E-state index contributed by atoms with van der Waals surface area (Å²) in [5, 5.41) is 13.7. The quantitative estimate of drug-likeness (QED) is 0.128. The molecule has 42 heavy (non-hydrogen) atoms. The predicted molar refractivity (Wildman–Crippen MR) is 168 cm³/mol. The average Bonchev–Trinajstić information content (AvgIpc) is 2.96. The number of carbonyl (C=O) groups is 1. The highest BCUT2D eigenvalue weighted by Gasteiger charge is 2.41. The van der Waals surface area contributed by atoms with E-state index in [0.717, 1.165) is 33.4 Å². The third kappa shape index (κ3) is 6.07. The van der Waals surface area contributed by atoms with E-state index in [-0.39, 0.29) is 23.6 Å². The van der Waals surface area contributed by atoms with Gasteiger partial charge in [-0.15, -0.1) is 0 Å². The van der Waals surface area contributed by atoms with Crippen LogP contribution in [0.3, 0.4) is 0 Å². The van der Waals surface area contributed by atoms with Crippen LogP contribution >= 0.6 is 23.2 Å². The lowest BCUT2D eigenvalue weighted by Crippen LogP contribution is -2.42. The molecule has 1 aliphatic heterocycles. The van der Waals surface area contributed by atoms with Crippen molar-refractivity contribution in [3.63, 3.8) is 0 Å². The van der Waals surface area contributed by atoms with Crippen LogP contribution in [-0.2, 0) is 4.79 Å². The molecule has 0 saturated heterocycles. The van der Waals surface area contributed by atoms with E-state index in [0.29, 0.717) is 46.4 Å². The molecule has 0 aliphatic carbocycles. The molecule has 1 heterocycles. The molecule has 0 bridgehead atoms. The van der Waals surface area contributed by atoms with Crippen molar-refractivity contribution in [1.82, 2.24) is 5.48 Å². The molecule has 8 heteroatoms. The molecular formula is C34H37Cl2FN2O3. The van der Waals surface area contributed by atoms with E-state index in [4.69, 9.17) is 27.9 Å². The summed E-state index contributed by atoms with van der Waals surface area (Å²) in [6, 6.07) is 15.9. The van der Waals surface area contributed by atoms with Gasteiger partial charge in [0.1, 0.15) is 11.6 Å². The van der Waals surface area contributed by atoms with Crippen LogP contribution in [0.2, 0.25) is 10.0 Å². The van der Waals surface area contributed by atoms with Gasteiger partial charge in [0.2, 0.25) is 6.41 Å². The van der Waals surface area contributed by atoms with Crippen molar-refractivity contribution < 1.29 is 19.1 Å². The van der Waals surface area contributed by atoms with E-state index in [1.54, 1.807) is 24.3 Å². The first-order valence-electron chi connectivity index (χ1n) is 14.0. The number of aryl methyl sites for hydroxylation is 1. The number of hydrogen-bond donors (Lipinski definition) is 3. The van der Waals surface area contributed by atoms with Crippen molar-refractivity contribution in [2.75, 3.05) is 5.32 Å². The van der Waals surface area contributed by atoms with Gasteiger partial charge in [-0.2, -0.15) is 0 Å². The van der Waals surface area contributed by atoms with Gasteiger partial charge in [0.05, 0.1) is 5.70 Å². The molecule has 4 atom stereocenters. The minimum atomic E-state index is -1.05. The molecular weight excluding hydrogens is 574 g/mol. The number of hydrogen-bond acceptors (Lipinski definition) is 4. The topological polar surface area (TPSA) is 70.6 Å². The lowest BCUT2D eigenvalue weighted by molar-refractivity contribution is -0.105. The molecule has 4 rings (SSSR count). The first-order valence-corrected chi connectivity index (χ1v) is 14.7. The Labute approximate surface area is 257 Å². The highest BCUT2D eigenvalue weighted by atomic mass is 35.5. The third-order valence-corrected chi connectivity index (χ3v) is 9.28. The molecule has 5 nitrogen and oxygen atoms in total. The Hall–Kier alpha value is -3.32. The fraction of sp³-hybridized carbons (Fsp3) is 0.324. The number of hydroxylamine groups is 1. The summed E-state index contributed by atoms with van der Waals surface area (Å²) in [4.78, 5) is 11.8. The van der Waals surface area contributed by atoms with Crippen LogP contribution in [0.25, 0.3) is 0 Å². The van der Waals surface area contributed by atoms with E-state index in [1.807, 2.05) is 52.0 Å². The Bertz CT molecular complexity index is 1540. The van der Waals surface area contributed by atoms with Gasteiger partial charge in [-0.1, -0.05) is 54.4 Å². The SMILES string of the molecule is C=C(NO)C1(C)Oc2ccc(Cl)cc2C(C(c2ccc(Cl)cc2NC=O)C(CC)c2cc(F)ccc2C)C/C(C)=C\1C. The smallest absolute Gasteiger partial charge is 0.211 e. The highest BCUT2D eigenvalue weighted by molar-refractivity contribution is 6.31. The number of halogens is 3. The van der Waals surface area contributed by atoms with Gasteiger partial charge in [-0.05, 0) is 123 Å². The first kappa shape index (κ1) is 31.6. The third-order valence-electron chi connectivity index (χ3n) is 8.81. The maximum atomic E-state index is 14.8. The van der Waals surface area contributed by atoms with Crippen LogP contribution in [0.4, 0.5) is 10.1 Å². The van der Waals surface area contributed by atoms with Gasteiger partial charge in [0.15, 0.2) is 5.60 Å². The van der Waals surface area contributed by atoms with Crippen LogP contribution in [-0.4, -0.2) is 17.2 Å². The van der Waals surface area contributed by atoms with Gasteiger partial charge >= 0.3 is 0 Å². The van der Waals surface area contributed by atoms with Gasteiger partial charge < -0.3 is 10.1 Å². The number of rotatable bonds is 9. The molecule has 0 aromatic heterocycles. The van der Waals surface area contributed by atoms with Crippen LogP contribution in [0.1, 0.15) is 80.5 Å². The number of anilines is 1. The second-order valence-electron chi connectivity index (χ2n) is 11.2. The zero-order valence-electron chi connectivity index (χ0n) is 24.5. The number of amides is 1. The van der Waals surface area contributed by atoms with Crippen LogP contribution in [0.5, 0.6) is 5.75 Å². The largest absolute Gasteiger partial charge is 0.477 e. The van der Waals surface area contributed by atoms with Gasteiger partial charge in [-0.25, -0.2) is 4.39 Å². The van der Waals surface area contributed by atoms with Gasteiger partial charge in [-0.3, -0.25) is 15.5 Å². The number of nitrogens with one attached hydrogen (secondary N) is 2. The van der Waals surface area contributed by atoms with Crippen LogP contribution < -0.4 is 15.5 Å². The molecule has 0 spiro atoms. The van der Waals surface area contributed by atoms with Crippen molar-refractivity contribution in [2.24, 2.45) is 0 Å². The normalized spacial score (nSPS) is 21.7. The van der Waals surface area contributed by atoms with E-state index in [1.165, 1.54) is 6.07 Å². The van der Waals surface area contributed by atoms with Crippen molar-refractivity contribution >= 4 is 35.3 Å². The van der Waals surface area contributed by atoms with Crippen LogP contribution in [0, 0.1) is 12.7 Å². The zero-order chi connectivity index (χ0) is 30.8. The van der Waals surface area contributed by atoms with Gasteiger partial charge in [0.25, 0.3) is 0 Å². The Kier molecular flexibility index (Phi) is 9.71. The van der Waals surface area contributed by atoms with Crippen molar-refractivity contribution in [3.05, 3.63) is 116 Å². The Balaban J connectivity index is 2.08. The van der Waals surface area contributed by atoms with Crippen molar-refractivity contribution in [3.8, 4) is 5.75 Å². The lowest BCUT2D eigenvalue weighted by Gasteiger charge is -2.42. The Morgan fingerprint density at radius 2 is 1.81 bits per heavy atom. The van der Waals surface area contributed by atoms with E-state index in [2.05, 4.69) is 24.3 Å². The summed E-state index contributed by atoms with van der Waals surface area (Å²) in [6.45, 7) is 14.0. The molecule has 0 radical (unpaired) electrons. The second-order valence-corrected chi connectivity index (χ2v) is 12.0. The average molecular weight is 612 g/mol. The maximum absolute atomic E-state index is 14.8. The van der Waals surface area contributed by atoms with E-state index < -0.39 is 5.60 Å². The molecule has 222 valence electrons. The predicted octanol–water partition coefficient (Wildman–Crippen LogP) is 9.44. The number of carbonyl (C=O) groups excluding carboxylic acids is 1. The summed E-state index contributed by atoms with van der Waals surface area (Å²) in [7, 11) is 0. The Morgan fingerprint density at radius 1 is 1.12 bits per heavy atom. The number of benzene rings is 3. The molecule has 3 aromatic carbocycles. The number of allylic oxidation sites excluding steroid dienone is 1. The van der Waals surface area contributed by atoms with Crippen molar-refractivity contribution in [2.45, 2.75) is 70.8 Å². The Morgan fingerprint density at radius 3 is 2.48 bits per heavy atom. The fourth-order valence-corrected chi connectivity index (χ4v) is 6.67. The minimum absolute atomic E-state index is 0.154. The van der Waals surface area contributed by atoms with Gasteiger partial charge in [0, 0.05) is 21.7 Å². The number of ether oxygens (including phenoxy) is 1. The zero-order valence-corrected chi connectivity index (χ0v) is 26.0. The highest BCUT2D eigenvalue weighted by Crippen LogP contribution is 2.54. The summed E-state index contributed by atoms with van der Waals surface area (Å²) < 4.78 is 21.5. The molecule has 1 aliphatic rings. The summed E-state index contributed by atoms with van der Waals surface area (Å²) >= 11 is 13.0. The minimum Gasteiger partial charge on any atom is -0.477 e. The molecule has 4 unspecified atom stereocenters. The molecule has 0 saturated carbocycles. The van der Waals surface area contributed by atoms with E-state index in [9.17, 15) is 14.4 Å². The molecule has 1 amide bonds. The molecule has 3 N–H and O–H groups in total. The lowest BCUT2D eigenvalue weighted by atomic mass is 9.66. The van der Waals surface area contributed by atoms with Crippen molar-refractivity contribution in [1.29, 1.82) is 0 Å². The standard InChI is InChI=1S/C34H37Cl2FN2O3/c1-7-26(28-17-25(37)11-8-19(28)2)33(27-12-9-24(36)16-31(27)38-18-40)30-14-20(3)21(4)34(6,22(5)39-41)42-32-13-10-23(35)15-29(30)32/h8-13,15-18,26,30,33,39,41H,5,7,14H2,1-4,6H3,(H,38,40)/b21-20-. The second kappa shape index (κ2) is 12.9. The summed E-state index contributed by atoms with van der Waals surface area (Å²) in [6.07, 6.45) is 1.92. The maximum Gasteiger partial charge on any atom is 0.211 e. The number of fused-ring (bicyclic) bond motifs is 1. The first-order chi connectivity index (χ1) is 19.9. The summed E-state index contributed by atoms with van der Waals surface area (Å²) in [5.74, 6) is -0.349. The molecule has 0 fully saturated rings. The van der Waals surface area contributed by atoms with Crippen LogP contribution in [0.15, 0.2) is 78.0 Å². The fourth-order valence-electron chi connectivity index (χ4n) is 6.31. The summed E-state index contributed by atoms with van der Waals surface area (Å²) in [5.41, 5.74) is 7.56. The monoisotopic (exact) mass is 610 g/mol. The molecule has 3 aromatic rings. The van der Waals surface area contributed by atoms with E-state index >= 15 is 0 Å².